The first-order valence-electron chi connectivity index (χ1n) is 9.81. The minimum Gasteiger partial charge on any atom is -0.365 e. The Hall–Kier alpha value is -2.30. The number of hydrogen-bond acceptors (Lipinski definition) is 5. The van der Waals surface area contributed by atoms with Gasteiger partial charge in [-0.15, -0.1) is 11.3 Å². The van der Waals surface area contributed by atoms with Crippen LogP contribution in [-0.2, 0) is 27.7 Å². The Labute approximate surface area is 178 Å². The van der Waals surface area contributed by atoms with Crippen LogP contribution < -0.4 is 11.1 Å². The van der Waals surface area contributed by atoms with Crippen molar-refractivity contribution in [3.8, 4) is 0 Å². The number of nitrogens with two attached hydrogens (primary N) is 1. The van der Waals surface area contributed by atoms with Crippen LogP contribution >= 0.6 is 11.3 Å². The first-order valence-corrected chi connectivity index (χ1v) is 12.1. The predicted molar refractivity (Wildman–Crippen MR) is 111 cm³/mol. The summed E-state index contributed by atoms with van der Waals surface area (Å²) in [7, 11) is -3.95. The fourth-order valence-electron chi connectivity index (χ4n) is 4.14. The number of nitrogens with one attached hydrogen (secondary N) is 1. The average molecular weight is 452 g/mol. The van der Waals surface area contributed by atoms with Gasteiger partial charge in [0.1, 0.15) is 16.9 Å². The highest BCUT2D eigenvalue weighted by molar-refractivity contribution is 7.89. The van der Waals surface area contributed by atoms with Crippen molar-refractivity contribution in [1.29, 1.82) is 0 Å². The molecule has 2 heterocycles. The Morgan fingerprint density at radius 1 is 1.13 bits per heavy atom. The molecule has 1 unspecified atom stereocenters. The van der Waals surface area contributed by atoms with E-state index in [2.05, 4.69) is 5.32 Å². The molecular weight excluding hydrogens is 429 g/mol. The van der Waals surface area contributed by atoms with E-state index >= 15 is 0 Å². The molecule has 1 aromatic heterocycles. The number of sulfonamides is 1. The smallest absolute Gasteiger partial charge is 0.251 e. The number of rotatable bonds is 5. The van der Waals surface area contributed by atoms with Crippen molar-refractivity contribution in [3.05, 3.63) is 46.1 Å². The third kappa shape index (κ3) is 3.75. The number of fused-ring (bicyclic) bond motifs is 1. The minimum atomic E-state index is -3.95. The van der Waals surface area contributed by atoms with Crippen molar-refractivity contribution < 1.29 is 22.4 Å². The molecule has 3 N–H and O–H groups in total. The second-order valence-corrected chi connectivity index (χ2v) is 10.5. The molecule has 0 radical (unpaired) electrons. The zero-order valence-corrected chi connectivity index (χ0v) is 17.8. The van der Waals surface area contributed by atoms with Gasteiger partial charge in [0.05, 0.1) is 10.5 Å². The Morgan fingerprint density at radius 3 is 2.53 bits per heavy atom. The molecule has 1 aliphatic carbocycles. The maximum atomic E-state index is 13.2. The van der Waals surface area contributed by atoms with Gasteiger partial charge in [0.15, 0.2) is 0 Å². The molecule has 1 atom stereocenters. The normalized spacial score (nSPS) is 19.4. The second kappa shape index (κ2) is 8.09. The summed E-state index contributed by atoms with van der Waals surface area (Å²) in [6.07, 6.45) is 4.46. The lowest BCUT2D eigenvalue weighted by Gasteiger charge is -2.23. The summed E-state index contributed by atoms with van der Waals surface area (Å²) < 4.78 is 40.3. The number of aryl methyl sites for hydroxylation is 1. The van der Waals surface area contributed by atoms with E-state index < -0.39 is 33.7 Å². The highest BCUT2D eigenvalue weighted by atomic mass is 32.2. The zero-order valence-electron chi connectivity index (χ0n) is 16.2. The number of nitrogens with zero attached hydrogens (tertiary/aromatic N) is 1. The van der Waals surface area contributed by atoms with Gasteiger partial charge in [-0.2, -0.15) is 4.31 Å². The van der Waals surface area contributed by atoms with Gasteiger partial charge < -0.3 is 11.1 Å². The molecule has 2 amide bonds. The van der Waals surface area contributed by atoms with Crippen LogP contribution in [0, 0.1) is 5.82 Å². The van der Waals surface area contributed by atoms with E-state index in [4.69, 9.17) is 5.73 Å². The Kier molecular flexibility index (Phi) is 5.65. The number of carbonyl (C=O) groups excluding carboxylic acids is 2. The molecule has 2 aliphatic rings. The molecule has 0 bridgehead atoms. The van der Waals surface area contributed by atoms with Crippen LogP contribution in [0.5, 0.6) is 0 Å². The molecule has 10 heteroatoms. The van der Waals surface area contributed by atoms with Gasteiger partial charge in [0, 0.05) is 11.4 Å². The van der Waals surface area contributed by atoms with Crippen LogP contribution in [0.1, 0.15) is 46.5 Å². The van der Waals surface area contributed by atoms with Crippen LogP contribution in [0.15, 0.2) is 29.2 Å². The Balaban J connectivity index is 1.60. The number of benzene rings is 1. The summed E-state index contributed by atoms with van der Waals surface area (Å²) in [5.74, 6) is -1.61. The van der Waals surface area contributed by atoms with Crippen molar-refractivity contribution in [3.63, 3.8) is 0 Å². The number of primary amides is 1. The summed E-state index contributed by atoms with van der Waals surface area (Å²) in [4.78, 5) is 26.0. The van der Waals surface area contributed by atoms with Crippen LogP contribution in [0.25, 0.3) is 0 Å². The summed E-state index contributed by atoms with van der Waals surface area (Å²) in [5.41, 5.74) is 6.82. The highest BCUT2D eigenvalue weighted by Gasteiger charge is 2.40. The number of thiophene rings is 1. The number of hydrogen-bond donors (Lipinski definition) is 2. The largest absolute Gasteiger partial charge is 0.365 e. The standard InChI is InChI=1S/C20H22FN3O4S2/c21-12-7-9-13(10-8-12)30(27,28)24-11-3-5-15(24)19(26)23-20-17(18(22)25)14-4-1-2-6-16(14)29-20/h7-10,15H,1-6,11H2,(H2,22,25)(H,23,26). The van der Waals surface area contributed by atoms with E-state index in [-0.39, 0.29) is 11.4 Å². The van der Waals surface area contributed by atoms with Gasteiger partial charge >= 0.3 is 0 Å². The fourth-order valence-corrected chi connectivity index (χ4v) is 7.10. The Bertz CT molecular complexity index is 1100. The van der Waals surface area contributed by atoms with Crippen molar-refractivity contribution >= 4 is 38.2 Å². The quantitative estimate of drug-likeness (QED) is 0.728. The molecule has 0 spiro atoms. The van der Waals surface area contributed by atoms with Gasteiger partial charge in [0.25, 0.3) is 5.91 Å². The monoisotopic (exact) mass is 451 g/mol. The number of amides is 2. The van der Waals surface area contributed by atoms with E-state index in [9.17, 15) is 22.4 Å². The van der Waals surface area contributed by atoms with Crippen molar-refractivity contribution in [2.45, 2.75) is 49.5 Å². The predicted octanol–water partition coefficient (Wildman–Crippen LogP) is 2.66. The van der Waals surface area contributed by atoms with E-state index in [0.29, 0.717) is 23.4 Å². The van der Waals surface area contributed by atoms with E-state index in [1.165, 1.54) is 23.5 Å². The molecular formula is C20H22FN3O4S2. The van der Waals surface area contributed by atoms with Crippen LogP contribution in [0.4, 0.5) is 9.39 Å². The second-order valence-electron chi connectivity index (χ2n) is 7.50. The lowest BCUT2D eigenvalue weighted by atomic mass is 9.95. The molecule has 1 aromatic carbocycles. The first kappa shape index (κ1) is 21.0. The van der Waals surface area contributed by atoms with E-state index in [1.807, 2.05) is 0 Å². The SMILES string of the molecule is NC(=O)c1c(NC(=O)C2CCCN2S(=O)(=O)c2ccc(F)cc2)sc2c1CCCC2. The average Bonchev–Trinajstić information content (AvgIpc) is 3.33. The third-order valence-electron chi connectivity index (χ3n) is 5.58. The third-order valence-corrected chi connectivity index (χ3v) is 8.71. The molecule has 4 rings (SSSR count). The molecule has 1 fully saturated rings. The van der Waals surface area contributed by atoms with Gasteiger partial charge in [-0.3, -0.25) is 9.59 Å². The minimum absolute atomic E-state index is 0.0620. The van der Waals surface area contributed by atoms with Crippen molar-refractivity contribution in [2.24, 2.45) is 5.73 Å². The molecule has 1 saturated heterocycles. The Morgan fingerprint density at radius 2 is 1.83 bits per heavy atom. The van der Waals surface area contributed by atoms with E-state index in [0.717, 1.165) is 52.6 Å². The van der Waals surface area contributed by atoms with Crippen LogP contribution in [0.3, 0.4) is 0 Å². The molecule has 2 aromatic rings. The lowest BCUT2D eigenvalue weighted by molar-refractivity contribution is -0.119. The van der Waals surface area contributed by atoms with Crippen molar-refractivity contribution in [1.82, 2.24) is 4.31 Å². The van der Waals surface area contributed by atoms with Gasteiger partial charge in [0.2, 0.25) is 15.9 Å². The maximum absolute atomic E-state index is 13.2. The molecule has 30 heavy (non-hydrogen) atoms. The van der Waals surface area contributed by atoms with Gasteiger partial charge in [-0.1, -0.05) is 0 Å². The highest BCUT2D eigenvalue weighted by Crippen LogP contribution is 2.38. The van der Waals surface area contributed by atoms with Crippen molar-refractivity contribution in [2.75, 3.05) is 11.9 Å². The fraction of sp³-hybridized carbons (Fsp3) is 0.400. The van der Waals surface area contributed by atoms with Crippen LogP contribution in [-0.4, -0.2) is 37.1 Å². The molecule has 1 aliphatic heterocycles. The first-order chi connectivity index (χ1) is 14.3. The number of carbonyl (C=O) groups is 2. The lowest BCUT2D eigenvalue weighted by Crippen LogP contribution is -2.43. The van der Waals surface area contributed by atoms with E-state index in [1.54, 1.807) is 0 Å². The summed E-state index contributed by atoms with van der Waals surface area (Å²) in [6, 6.07) is 3.63. The maximum Gasteiger partial charge on any atom is 0.251 e. The number of anilines is 1. The number of halogens is 1. The molecule has 160 valence electrons. The zero-order chi connectivity index (χ0) is 21.5. The summed E-state index contributed by atoms with van der Waals surface area (Å²) in [5, 5.41) is 3.16. The summed E-state index contributed by atoms with van der Waals surface area (Å²) in [6.45, 7) is 0.196. The molecule has 0 saturated carbocycles. The van der Waals surface area contributed by atoms with Gasteiger partial charge in [-0.25, -0.2) is 12.8 Å². The topological polar surface area (TPSA) is 110 Å². The summed E-state index contributed by atoms with van der Waals surface area (Å²) >= 11 is 1.34. The van der Waals surface area contributed by atoms with Gasteiger partial charge in [-0.05, 0) is 68.4 Å². The molecule has 7 nitrogen and oxygen atoms in total. The van der Waals surface area contributed by atoms with Crippen LogP contribution in [0.2, 0.25) is 0 Å².